The zero-order chi connectivity index (χ0) is 15.4. The summed E-state index contributed by atoms with van der Waals surface area (Å²) < 4.78 is 11.2. The topological polar surface area (TPSA) is 48.4 Å². The van der Waals surface area contributed by atoms with Crippen LogP contribution in [0.4, 0.5) is 0 Å². The molecular formula is C14H12Cl2INO3. The Morgan fingerprint density at radius 3 is 2.86 bits per heavy atom. The Bertz CT molecular complexity index is 679. The molecule has 1 aromatic heterocycles. The SMILES string of the molecule is COC(=O)CCCOc1c(I)cc(Cl)c2ccc(Cl)nc12. The smallest absolute Gasteiger partial charge is 0.305 e. The molecule has 0 bridgehead atoms. The first-order valence-corrected chi connectivity index (χ1v) is 8.00. The fraction of sp³-hybridized carbons (Fsp3) is 0.286. The molecule has 0 saturated carbocycles. The van der Waals surface area contributed by atoms with E-state index < -0.39 is 0 Å². The van der Waals surface area contributed by atoms with Crippen LogP contribution in [0.15, 0.2) is 18.2 Å². The lowest BCUT2D eigenvalue weighted by atomic mass is 10.2. The van der Waals surface area contributed by atoms with E-state index in [-0.39, 0.29) is 5.97 Å². The van der Waals surface area contributed by atoms with Crippen molar-refractivity contribution in [3.63, 3.8) is 0 Å². The highest BCUT2D eigenvalue weighted by molar-refractivity contribution is 14.1. The van der Waals surface area contributed by atoms with E-state index in [4.69, 9.17) is 27.9 Å². The maximum absolute atomic E-state index is 11.1. The average Bonchev–Trinajstić information content (AvgIpc) is 2.45. The normalized spacial score (nSPS) is 10.7. The number of carbonyl (C=O) groups is 1. The van der Waals surface area contributed by atoms with Gasteiger partial charge in [0.1, 0.15) is 10.7 Å². The molecule has 0 saturated heterocycles. The van der Waals surface area contributed by atoms with Gasteiger partial charge in [0.25, 0.3) is 0 Å². The van der Waals surface area contributed by atoms with Crippen LogP contribution < -0.4 is 4.74 Å². The minimum Gasteiger partial charge on any atom is -0.490 e. The largest absolute Gasteiger partial charge is 0.490 e. The molecule has 21 heavy (non-hydrogen) atoms. The third-order valence-electron chi connectivity index (χ3n) is 2.80. The summed E-state index contributed by atoms with van der Waals surface area (Å²) in [6, 6.07) is 5.31. The number of nitrogens with zero attached hydrogens (tertiary/aromatic N) is 1. The number of carbonyl (C=O) groups excluding carboxylic acids is 1. The Hall–Kier alpha value is -0.790. The third kappa shape index (κ3) is 4.11. The summed E-state index contributed by atoms with van der Waals surface area (Å²) in [6.07, 6.45) is 0.875. The van der Waals surface area contributed by atoms with Crippen molar-refractivity contribution in [3.8, 4) is 5.75 Å². The van der Waals surface area contributed by atoms with Crippen molar-refractivity contribution in [3.05, 3.63) is 31.9 Å². The standard InChI is InChI=1S/C14H12Cl2INO3/c1-20-12(19)3-2-6-21-14-10(17)7-9(15)8-4-5-11(16)18-13(8)14/h4-5,7H,2-3,6H2,1H3. The number of esters is 1. The monoisotopic (exact) mass is 439 g/mol. The first kappa shape index (κ1) is 16.6. The van der Waals surface area contributed by atoms with Crippen LogP contribution >= 0.6 is 45.8 Å². The molecule has 0 fully saturated rings. The Morgan fingerprint density at radius 1 is 1.38 bits per heavy atom. The summed E-state index contributed by atoms with van der Waals surface area (Å²) in [5, 5.41) is 1.75. The second kappa shape index (κ2) is 7.47. The Balaban J connectivity index is 2.22. The molecule has 0 N–H and O–H groups in total. The summed E-state index contributed by atoms with van der Waals surface area (Å²) in [7, 11) is 1.37. The van der Waals surface area contributed by atoms with Gasteiger partial charge in [-0.15, -0.1) is 0 Å². The molecule has 0 aliphatic rings. The summed E-state index contributed by atoms with van der Waals surface area (Å²) in [6.45, 7) is 0.385. The van der Waals surface area contributed by atoms with Crippen LogP contribution in [-0.4, -0.2) is 24.7 Å². The lowest BCUT2D eigenvalue weighted by molar-refractivity contribution is -0.140. The van der Waals surface area contributed by atoms with Gasteiger partial charge in [0.15, 0.2) is 5.75 Å². The predicted molar refractivity (Wildman–Crippen MR) is 91.2 cm³/mol. The van der Waals surface area contributed by atoms with Crippen molar-refractivity contribution in [1.29, 1.82) is 0 Å². The van der Waals surface area contributed by atoms with Crippen LogP contribution in [0.1, 0.15) is 12.8 Å². The highest BCUT2D eigenvalue weighted by atomic mass is 127. The predicted octanol–water partition coefficient (Wildman–Crippen LogP) is 4.48. The molecule has 0 unspecified atom stereocenters. The molecule has 2 aromatic rings. The first-order valence-electron chi connectivity index (χ1n) is 6.17. The Kier molecular flexibility index (Phi) is 5.89. The van der Waals surface area contributed by atoms with E-state index >= 15 is 0 Å². The first-order chi connectivity index (χ1) is 10.0. The number of aromatic nitrogens is 1. The molecular weight excluding hydrogens is 428 g/mol. The van der Waals surface area contributed by atoms with Crippen molar-refractivity contribution in [2.45, 2.75) is 12.8 Å². The molecule has 4 nitrogen and oxygen atoms in total. The van der Waals surface area contributed by atoms with Gasteiger partial charge in [-0.25, -0.2) is 4.98 Å². The number of benzene rings is 1. The van der Waals surface area contributed by atoms with Crippen molar-refractivity contribution in [1.82, 2.24) is 4.98 Å². The lowest BCUT2D eigenvalue weighted by Crippen LogP contribution is -2.05. The van der Waals surface area contributed by atoms with Crippen LogP contribution in [-0.2, 0) is 9.53 Å². The van der Waals surface area contributed by atoms with Crippen molar-refractivity contribution >= 4 is 62.7 Å². The number of hydrogen-bond donors (Lipinski definition) is 0. The third-order valence-corrected chi connectivity index (χ3v) is 4.13. The van der Waals surface area contributed by atoms with Gasteiger partial charge < -0.3 is 9.47 Å². The maximum Gasteiger partial charge on any atom is 0.305 e. The molecule has 7 heteroatoms. The van der Waals surface area contributed by atoms with Crippen molar-refractivity contribution < 1.29 is 14.3 Å². The van der Waals surface area contributed by atoms with Gasteiger partial charge in [-0.2, -0.15) is 0 Å². The van der Waals surface area contributed by atoms with Crippen molar-refractivity contribution in [2.24, 2.45) is 0 Å². The van der Waals surface area contributed by atoms with Crippen LogP contribution in [0, 0.1) is 3.57 Å². The number of methoxy groups -OCH3 is 1. The Morgan fingerprint density at radius 2 is 2.14 bits per heavy atom. The summed E-state index contributed by atoms with van der Waals surface area (Å²) in [4.78, 5) is 15.4. The van der Waals surface area contributed by atoms with E-state index in [1.807, 2.05) is 12.1 Å². The van der Waals surface area contributed by atoms with Gasteiger partial charge in [0.05, 0.1) is 22.3 Å². The van der Waals surface area contributed by atoms with E-state index in [1.165, 1.54) is 7.11 Å². The number of pyridine rings is 1. The maximum atomic E-state index is 11.1. The van der Waals surface area contributed by atoms with E-state index in [9.17, 15) is 4.79 Å². The Labute approximate surface area is 145 Å². The summed E-state index contributed by atoms with van der Waals surface area (Å²) in [5.41, 5.74) is 0.623. The molecule has 1 heterocycles. The highest BCUT2D eigenvalue weighted by Gasteiger charge is 2.13. The van der Waals surface area contributed by atoms with Crippen LogP contribution in [0.5, 0.6) is 5.75 Å². The summed E-state index contributed by atoms with van der Waals surface area (Å²) in [5.74, 6) is 0.373. The minimum atomic E-state index is -0.254. The minimum absolute atomic E-state index is 0.254. The van der Waals surface area contributed by atoms with Crippen LogP contribution in [0.3, 0.4) is 0 Å². The number of rotatable bonds is 5. The molecule has 0 aliphatic heterocycles. The fourth-order valence-corrected chi connectivity index (χ4v) is 3.11. The average molecular weight is 440 g/mol. The van der Waals surface area contributed by atoms with E-state index in [0.717, 1.165) is 8.96 Å². The van der Waals surface area contributed by atoms with Crippen LogP contribution in [0.2, 0.25) is 10.2 Å². The molecule has 0 atom stereocenters. The molecule has 1 aromatic carbocycles. The molecule has 2 rings (SSSR count). The molecule has 0 aliphatic carbocycles. The highest BCUT2D eigenvalue weighted by Crippen LogP contribution is 2.35. The lowest BCUT2D eigenvalue weighted by Gasteiger charge is -2.12. The molecule has 112 valence electrons. The zero-order valence-electron chi connectivity index (χ0n) is 11.2. The second-order valence-corrected chi connectivity index (χ2v) is 6.18. The molecule has 0 amide bonds. The van der Waals surface area contributed by atoms with E-state index in [2.05, 4.69) is 32.3 Å². The molecule has 0 spiro atoms. The van der Waals surface area contributed by atoms with Gasteiger partial charge in [0.2, 0.25) is 0 Å². The van der Waals surface area contributed by atoms with Crippen LogP contribution in [0.25, 0.3) is 10.9 Å². The number of ether oxygens (including phenoxy) is 2. The second-order valence-electron chi connectivity index (χ2n) is 4.23. The number of fused-ring (bicyclic) bond motifs is 1. The fourth-order valence-electron chi connectivity index (χ4n) is 1.80. The van der Waals surface area contributed by atoms with Crippen molar-refractivity contribution in [2.75, 3.05) is 13.7 Å². The number of hydrogen-bond acceptors (Lipinski definition) is 4. The molecule has 0 radical (unpaired) electrons. The van der Waals surface area contributed by atoms with Gasteiger partial charge in [-0.1, -0.05) is 23.2 Å². The van der Waals surface area contributed by atoms with Gasteiger partial charge in [-0.3, -0.25) is 4.79 Å². The van der Waals surface area contributed by atoms with E-state index in [1.54, 1.807) is 6.07 Å². The number of halogens is 3. The van der Waals surface area contributed by atoms with E-state index in [0.29, 0.717) is 40.9 Å². The summed E-state index contributed by atoms with van der Waals surface area (Å²) >= 11 is 14.3. The zero-order valence-corrected chi connectivity index (χ0v) is 14.8. The van der Waals surface area contributed by atoms with Gasteiger partial charge in [0, 0.05) is 11.8 Å². The quantitative estimate of drug-likeness (QED) is 0.298. The van der Waals surface area contributed by atoms with Gasteiger partial charge >= 0.3 is 5.97 Å². The van der Waals surface area contributed by atoms with Gasteiger partial charge in [-0.05, 0) is 47.2 Å².